The summed E-state index contributed by atoms with van der Waals surface area (Å²) in [6, 6.07) is 8.40. The van der Waals surface area contributed by atoms with Crippen molar-refractivity contribution in [2.45, 2.75) is 38.8 Å². The monoisotopic (exact) mass is 294 g/mol. The molecule has 1 atom stereocenters. The van der Waals surface area contributed by atoms with Crippen LogP contribution in [0.5, 0.6) is 0 Å². The summed E-state index contributed by atoms with van der Waals surface area (Å²) < 4.78 is 0. The number of benzene rings is 1. The van der Waals surface area contributed by atoms with Gasteiger partial charge in [0.15, 0.2) is 0 Å². The van der Waals surface area contributed by atoms with Gasteiger partial charge in [-0.25, -0.2) is 0 Å². The van der Waals surface area contributed by atoms with Gasteiger partial charge in [-0.3, -0.25) is 4.79 Å². The van der Waals surface area contributed by atoms with Crippen molar-refractivity contribution in [1.82, 2.24) is 10.2 Å². The number of carbonyl (C=O) groups is 1. The van der Waals surface area contributed by atoms with Gasteiger partial charge in [-0.2, -0.15) is 0 Å². The SMILES string of the molecule is CC1CCN(C(=O)[C@@H]2Cc3ccccc3CN2)CC1.Cl. The first-order valence-corrected chi connectivity index (χ1v) is 7.33. The van der Waals surface area contributed by atoms with Crippen molar-refractivity contribution >= 4 is 18.3 Å². The van der Waals surface area contributed by atoms with Gasteiger partial charge in [-0.15, -0.1) is 12.4 Å². The van der Waals surface area contributed by atoms with Gasteiger partial charge >= 0.3 is 0 Å². The van der Waals surface area contributed by atoms with E-state index in [-0.39, 0.29) is 18.4 Å². The lowest BCUT2D eigenvalue weighted by Crippen LogP contribution is -2.51. The Kier molecular flexibility index (Phi) is 5.06. The number of halogens is 1. The van der Waals surface area contributed by atoms with Gasteiger partial charge in [-0.05, 0) is 36.3 Å². The van der Waals surface area contributed by atoms with Gasteiger partial charge in [0.1, 0.15) is 0 Å². The van der Waals surface area contributed by atoms with Gasteiger partial charge in [-0.1, -0.05) is 31.2 Å². The Balaban J connectivity index is 0.00000147. The van der Waals surface area contributed by atoms with Crippen molar-refractivity contribution < 1.29 is 4.79 Å². The molecule has 1 aromatic rings. The summed E-state index contributed by atoms with van der Waals surface area (Å²) in [5, 5.41) is 3.39. The van der Waals surface area contributed by atoms with Gasteiger partial charge in [0.05, 0.1) is 6.04 Å². The Bertz CT molecular complexity index is 469. The van der Waals surface area contributed by atoms with E-state index in [4.69, 9.17) is 0 Å². The average Bonchev–Trinajstić information content (AvgIpc) is 2.47. The smallest absolute Gasteiger partial charge is 0.240 e. The lowest BCUT2D eigenvalue weighted by Gasteiger charge is -2.35. The summed E-state index contributed by atoms with van der Waals surface area (Å²) in [6.45, 7) is 4.95. The first-order valence-electron chi connectivity index (χ1n) is 7.33. The highest BCUT2D eigenvalue weighted by Gasteiger charge is 2.29. The molecule has 1 aromatic carbocycles. The van der Waals surface area contributed by atoms with Crippen molar-refractivity contribution in [2.75, 3.05) is 13.1 Å². The highest BCUT2D eigenvalue weighted by atomic mass is 35.5. The largest absolute Gasteiger partial charge is 0.341 e. The molecular weight excluding hydrogens is 272 g/mol. The Morgan fingerprint density at radius 2 is 1.85 bits per heavy atom. The van der Waals surface area contributed by atoms with Crippen LogP contribution in [0, 0.1) is 5.92 Å². The van der Waals surface area contributed by atoms with E-state index in [0.29, 0.717) is 5.91 Å². The third-order valence-corrected chi connectivity index (χ3v) is 4.47. The Morgan fingerprint density at radius 1 is 1.20 bits per heavy atom. The summed E-state index contributed by atoms with van der Waals surface area (Å²) >= 11 is 0. The number of nitrogens with one attached hydrogen (secondary N) is 1. The van der Waals surface area contributed by atoms with Crippen LogP contribution in [0.3, 0.4) is 0 Å². The molecule has 0 saturated carbocycles. The molecule has 3 rings (SSSR count). The van der Waals surface area contributed by atoms with Crippen LogP contribution in [-0.4, -0.2) is 29.9 Å². The molecule has 1 amide bonds. The summed E-state index contributed by atoms with van der Waals surface area (Å²) in [5.41, 5.74) is 2.66. The molecule has 0 unspecified atom stereocenters. The summed E-state index contributed by atoms with van der Waals surface area (Å²) in [7, 11) is 0. The zero-order chi connectivity index (χ0) is 13.2. The molecule has 20 heavy (non-hydrogen) atoms. The highest BCUT2D eigenvalue weighted by molar-refractivity contribution is 5.85. The Labute approximate surface area is 127 Å². The van der Waals surface area contributed by atoms with Crippen LogP contribution < -0.4 is 5.32 Å². The second kappa shape index (κ2) is 6.59. The average molecular weight is 295 g/mol. The molecule has 2 aliphatic heterocycles. The van der Waals surface area contributed by atoms with Crippen LogP contribution >= 0.6 is 12.4 Å². The van der Waals surface area contributed by atoms with Crippen LogP contribution in [0.1, 0.15) is 30.9 Å². The fourth-order valence-electron chi connectivity index (χ4n) is 3.08. The van der Waals surface area contributed by atoms with Crippen molar-refractivity contribution in [3.63, 3.8) is 0 Å². The summed E-state index contributed by atoms with van der Waals surface area (Å²) in [4.78, 5) is 14.6. The second-order valence-corrected chi connectivity index (χ2v) is 5.91. The van der Waals surface area contributed by atoms with E-state index in [1.54, 1.807) is 0 Å². The van der Waals surface area contributed by atoms with Crippen molar-refractivity contribution in [1.29, 1.82) is 0 Å². The topological polar surface area (TPSA) is 32.3 Å². The number of fused-ring (bicyclic) bond motifs is 1. The molecule has 3 nitrogen and oxygen atoms in total. The predicted octanol–water partition coefficient (Wildman–Crippen LogP) is 2.38. The number of hydrogen-bond donors (Lipinski definition) is 1. The molecule has 1 saturated heterocycles. The van der Waals surface area contributed by atoms with Crippen LogP contribution in [-0.2, 0) is 17.8 Å². The molecule has 110 valence electrons. The van der Waals surface area contributed by atoms with E-state index < -0.39 is 0 Å². The van der Waals surface area contributed by atoms with E-state index in [0.717, 1.165) is 44.8 Å². The maximum Gasteiger partial charge on any atom is 0.240 e. The third-order valence-electron chi connectivity index (χ3n) is 4.47. The predicted molar refractivity (Wildman–Crippen MR) is 83.0 cm³/mol. The van der Waals surface area contributed by atoms with Crippen LogP contribution in [0.25, 0.3) is 0 Å². The van der Waals surface area contributed by atoms with E-state index in [2.05, 4.69) is 36.5 Å². The van der Waals surface area contributed by atoms with Crippen LogP contribution in [0.15, 0.2) is 24.3 Å². The Morgan fingerprint density at radius 3 is 2.55 bits per heavy atom. The summed E-state index contributed by atoms with van der Waals surface area (Å²) in [5.74, 6) is 1.06. The van der Waals surface area contributed by atoms with Crippen LogP contribution in [0.4, 0.5) is 0 Å². The lowest BCUT2D eigenvalue weighted by atomic mass is 9.93. The van der Waals surface area contributed by atoms with Crippen molar-refractivity contribution in [3.05, 3.63) is 35.4 Å². The molecule has 0 aliphatic carbocycles. The minimum absolute atomic E-state index is 0. The molecule has 0 spiro atoms. The van der Waals surface area contributed by atoms with Gasteiger partial charge in [0, 0.05) is 19.6 Å². The molecule has 1 fully saturated rings. The fourth-order valence-corrected chi connectivity index (χ4v) is 3.08. The van der Waals surface area contributed by atoms with Gasteiger partial charge in [0.25, 0.3) is 0 Å². The maximum absolute atomic E-state index is 12.5. The molecule has 2 aliphatic rings. The third kappa shape index (κ3) is 3.15. The van der Waals surface area contributed by atoms with Crippen molar-refractivity contribution in [2.24, 2.45) is 5.92 Å². The summed E-state index contributed by atoms with van der Waals surface area (Å²) in [6.07, 6.45) is 3.13. The van der Waals surface area contributed by atoms with E-state index in [1.165, 1.54) is 11.1 Å². The first kappa shape index (κ1) is 15.3. The van der Waals surface area contributed by atoms with Crippen LogP contribution in [0.2, 0.25) is 0 Å². The standard InChI is InChI=1S/C16H22N2O.ClH/c1-12-6-8-18(9-7-12)16(19)15-10-13-4-2-3-5-14(13)11-17-15;/h2-5,12,15,17H,6-11H2,1H3;1H/t15-;/m0./s1. The molecular formula is C16H23ClN2O. The van der Waals surface area contributed by atoms with Crippen molar-refractivity contribution in [3.8, 4) is 0 Å². The molecule has 2 heterocycles. The Hall–Kier alpha value is -1.06. The zero-order valence-corrected chi connectivity index (χ0v) is 12.8. The van der Waals surface area contributed by atoms with E-state index in [9.17, 15) is 4.79 Å². The lowest BCUT2D eigenvalue weighted by molar-refractivity contribution is -0.135. The normalized spacial score (nSPS) is 22.9. The number of rotatable bonds is 1. The fraction of sp³-hybridized carbons (Fsp3) is 0.562. The number of likely N-dealkylation sites (tertiary alicyclic amines) is 1. The number of hydrogen-bond acceptors (Lipinski definition) is 2. The second-order valence-electron chi connectivity index (χ2n) is 5.91. The van der Waals surface area contributed by atoms with Gasteiger partial charge < -0.3 is 10.2 Å². The molecule has 0 radical (unpaired) electrons. The molecule has 1 N–H and O–H groups in total. The molecule has 0 bridgehead atoms. The highest BCUT2D eigenvalue weighted by Crippen LogP contribution is 2.20. The first-order chi connectivity index (χ1) is 9.24. The number of piperidine rings is 1. The van der Waals surface area contributed by atoms with Gasteiger partial charge in [0.2, 0.25) is 5.91 Å². The number of amides is 1. The minimum atomic E-state index is -0.0247. The van der Waals surface area contributed by atoms with E-state index >= 15 is 0 Å². The molecule has 0 aromatic heterocycles. The minimum Gasteiger partial charge on any atom is -0.341 e. The number of carbonyl (C=O) groups excluding carboxylic acids is 1. The number of nitrogens with zero attached hydrogens (tertiary/aromatic N) is 1. The molecule has 4 heteroatoms. The quantitative estimate of drug-likeness (QED) is 0.862. The zero-order valence-electron chi connectivity index (χ0n) is 12.0. The van der Waals surface area contributed by atoms with E-state index in [1.807, 2.05) is 4.90 Å². The maximum atomic E-state index is 12.5.